The van der Waals surface area contributed by atoms with Crippen LogP contribution < -0.4 is 5.32 Å². The predicted octanol–water partition coefficient (Wildman–Crippen LogP) is 3.52. The molecule has 6 nitrogen and oxygen atoms in total. The normalized spacial score (nSPS) is 16.8. The minimum absolute atomic E-state index is 0.0542. The number of oxazole rings is 1. The van der Waals surface area contributed by atoms with Crippen molar-refractivity contribution < 1.29 is 13.6 Å². The number of hydrogen-bond donors (Lipinski definition) is 1. The van der Waals surface area contributed by atoms with Crippen LogP contribution in [0.5, 0.6) is 0 Å². The van der Waals surface area contributed by atoms with Crippen LogP contribution >= 0.6 is 0 Å². The second-order valence-corrected chi connectivity index (χ2v) is 8.27. The number of benzene rings is 1. The zero-order valence-electron chi connectivity index (χ0n) is 17.4. The molecule has 0 bridgehead atoms. The molecule has 0 unspecified atom stereocenters. The number of aryl methyl sites for hydroxylation is 2. The Morgan fingerprint density at radius 2 is 2.21 bits per heavy atom. The van der Waals surface area contributed by atoms with Crippen molar-refractivity contribution in [2.75, 3.05) is 13.1 Å². The zero-order valence-corrected chi connectivity index (χ0v) is 17.4. The van der Waals surface area contributed by atoms with Gasteiger partial charge < -0.3 is 14.6 Å². The van der Waals surface area contributed by atoms with E-state index in [1.165, 1.54) is 6.07 Å². The fraction of sp³-hybridized carbons (Fsp3) is 0.500. The lowest BCUT2D eigenvalue weighted by molar-refractivity contribution is -0.130. The van der Waals surface area contributed by atoms with E-state index in [0.717, 1.165) is 24.1 Å². The second-order valence-electron chi connectivity index (χ2n) is 8.27. The van der Waals surface area contributed by atoms with E-state index in [0.29, 0.717) is 30.2 Å². The van der Waals surface area contributed by atoms with Gasteiger partial charge in [0.25, 0.3) is 0 Å². The summed E-state index contributed by atoms with van der Waals surface area (Å²) in [5.74, 6) is 0.846. The van der Waals surface area contributed by atoms with Gasteiger partial charge in [0.2, 0.25) is 11.8 Å². The molecule has 0 saturated carbocycles. The molecule has 0 radical (unpaired) electrons. The molecule has 1 aromatic carbocycles. The third-order valence-corrected chi connectivity index (χ3v) is 5.35. The van der Waals surface area contributed by atoms with Crippen molar-refractivity contribution in [3.63, 3.8) is 0 Å². The summed E-state index contributed by atoms with van der Waals surface area (Å²) in [5, 5.41) is 12.5. The van der Waals surface area contributed by atoms with E-state index in [9.17, 15) is 9.18 Å². The Kier molecular flexibility index (Phi) is 6.04. The summed E-state index contributed by atoms with van der Waals surface area (Å²) in [6, 6.07) is 6.66. The Morgan fingerprint density at radius 3 is 2.90 bits per heavy atom. The van der Waals surface area contributed by atoms with Crippen LogP contribution in [-0.4, -0.2) is 40.5 Å². The van der Waals surface area contributed by atoms with Gasteiger partial charge in [0.15, 0.2) is 0 Å². The quantitative estimate of drug-likeness (QED) is 0.805. The summed E-state index contributed by atoms with van der Waals surface area (Å²) >= 11 is 0. The van der Waals surface area contributed by atoms with Crippen LogP contribution in [0.15, 0.2) is 22.6 Å². The van der Waals surface area contributed by atoms with Crippen molar-refractivity contribution in [1.29, 1.82) is 5.26 Å². The van der Waals surface area contributed by atoms with Gasteiger partial charge in [-0.2, -0.15) is 5.26 Å². The van der Waals surface area contributed by atoms with E-state index in [1.807, 2.05) is 20.8 Å². The minimum Gasteiger partial charge on any atom is -0.441 e. The first-order valence-electron chi connectivity index (χ1n) is 9.87. The third kappa shape index (κ3) is 4.83. The van der Waals surface area contributed by atoms with E-state index >= 15 is 0 Å². The average molecular weight is 398 g/mol. The Labute approximate surface area is 170 Å². The summed E-state index contributed by atoms with van der Waals surface area (Å²) in [7, 11) is 0. The van der Waals surface area contributed by atoms with Gasteiger partial charge in [0, 0.05) is 24.1 Å². The summed E-state index contributed by atoms with van der Waals surface area (Å²) in [6.07, 6.45) is 2.18. The van der Waals surface area contributed by atoms with Gasteiger partial charge in [0.05, 0.1) is 18.3 Å². The number of halogens is 1. The Bertz CT molecular complexity index is 945. The van der Waals surface area contributed by atoms with Gasteiger partial charge in [-0.05, 0) is 64.3 Å². The highest BCUT2D eigenvalue weighted by Gasteiger charge is 2.30. The number of amides is 1. The fourth-order valence-corrected chi connectivity index (χ4v) is 3.59. The molecule has 1 N–H and O–H groups in total. The molecule has 0 aliphatic carbocycles. The molecule has 29 heavy (non-hydrogen) atoms. The van der Waals surface area contributed by atoms with Gasteiger partial charge in [0.1, 0.15) is 17.6 Å². The monoisotopic (exact) mass is 398 g/mol. The number of nitrogens with zero attached hydrogens (tertiary/aromatic N) is 3. The number of likely N-dealkylation sites (tertiary alicyclic amines) is 1. The Hall–Kier alpha value is -2.72. The number of nitrogens with one attached hydrogen (secondary N) is 1. The highest BCUT2D eigenvalue weighted by molar-refractivity contribution is 5.79. The molecular formula is C22H27FN4O2. The van der Waals surface area contributed by atoms with Gasteiger partial charge >= 0.3 is 0 Å². The number of carbonyl (C=O) groups excluding carboxylic acids is 1. The second kappa shape index (κ2) is 8.34. The molecule has 2 aromatic rings. The van der Waals surface area contributed by atoms with Crippen molar-refractivity contribution >= 4 is 5.91 Å². The first-order chi connectivity index (χ1) is 13.7. The highest BCUT2D eigenvalue weighted by atomic mass is 19.1. The van der Waals surface area contributed by atoms with Gasteiger partial charge in [-0.25, -0.2) is 9.37 Å². The largest absolute Gasteiger partial charge is 0.441 e. The molecule has 1 atom stereocenters. The molecule has 1 fully saturated rings. The standard InChI is InChI=1S/C22H27FN4O2/c1-14-10-16(7-8-18(14)23)21-26-19(15(2)29-21)11-22(3,4)25-13-20(28)27-9-5-6-17(27)12-24/h7-8,10,17,25H,5-6,9,11,13H2,1-4H3/t17-/m0/s1. The third-order valence-electron chi connectivity index (χ3n) is 5.35. The predicted molar refractivity (Wildman–Crippen MR) is 108 cm³/mol. The molecule has 1 aliphatic rings. The van der Waals surface area contributed by atoms with Gasteiger partial charge in [-0.3, -0.25) is 4.79 Å². The number of nitriles is 1. The van der Waals surface area contributed by atoms with Crippen LogP contribution in [0.25, 0.3) is 11.5 Å². The molecular weight excluding hydrogens is 371 g/mol. The van der Waals surface area contributed by atoms with Crippen LogP contribution in [0.4, 0.5) is 4.39 Å². The van der Waals surface area contributed by atoms with E-state index in [2.05, 4.69) is 16.4 Å². The highest BCUT2D eigenvalue weighted by Crippen LogP contribution is 2.26. The molecule has 1 saturated heterocycles. The SMILES string of the molecule is Cc1cc(-c2nc(CC(C)(C)NCC(=O)N3CCC[C@H]3C#N)c(C)o2)ccc1F. The summed E-state index contributed by atoms with van der Waals surface area (Å²) in [4.78, 5) is 18.7. The smallest absolute Gasteiger partial charge is 0.237 e. The molecule has 1 amide bonds. The summed E-state index contributed by atoms with van der Waals surface area (Å²) < 4.78 is 19.3. The van der Waals surface area contributed by atoms with Crippen molar-refractivity contribution in [3.05, 3.63) is 41.0 Å². The lowest BCUT2D eigenvalue weighted by atomic mass is 9.97. The van der Waals surface area contributed by atoms with Crippen molar-refractivity contribution in [2.45, 2.75) is 58.5 Å². The minimum atomic E-state index is -0.394. The van der Waals surface area contributed by atoms with Gasteiger partial charge in [-0.15, -0.1) is 0 Å². The average Bonchev–Trinajstić information content (AvgIpc) is 3.29. The first kappa shape index (κ1) is 21.0. The van der Waals surface area contributed by atoms with Crippen molar-refractivity contribution in [3.8, 4) is 17.5 Å². The Morgan fingerprint density at radius 1 is 1.45 bits per heavy atom. The summed E-state index contributed by atoms with van der Waals surface area (Å²) in [6.45, 7) is 8.37. The van der Waals surface area contributed by atoms with E-state index in [4.69, 9.17) is 9.68 Å². The van der Waals surface area contributed by atoms with E-state index in [-0.39, 0.29) is 24.3 Å². The molecule has 0 spiro atoms. The van der Waals surface area contributed by atoms with Crippen LogP contribution in [-0.2, 0) is 11.2 Å². The first-order valence-corrected chi connectivity index (χ1v) is 9.87. The molecule has 154 valence electrons. The maximum atomic E-state index is 13.5. The molecule has 1 aromatic heterocycles. The van der Waals surface area contributed by atoms with Crippen LogP contribution in [0.2, 0.25) is 0 Å². The lowest BCUT2D eigenvalue weighted by Crippen LogP contribution is -2.48. The molecule has 7 heteroatoms. The van der Waals surface area contributed by atoms with Crippen molar-refractivity contribution in [1.82, 2.24) is 15.2 Å². The van der Waals surface area contributed by atoms with Crippen LogP contribution in [0.3, 0.4) is 0 Å². The number of rotatable bonds is 6. The number of hydrogen-bond acceptors (Lipinski definition) is 5. The molecule has 3 rings (SSSR count). The van der Waals surface area contributed by atoms with E-state index in [1.54, 1.807) is 24.0 Å². The Balaban J connectivity index is 1.65. The molecule has 2 heterocycles. The summed E-state index contributed by atoms with van der Waals surface area (Å²) in [5.41, 5.74) is 1.67. The lowest BCUT2D eigenvalue weighted by Gasteiger charge is -2.27. The number of aromatic nitrogens is 1. The van der Waals surface area contributed by atoms with E-state index < -0.39 is 5.54 Å². The van der Waals surface area contributed by atoms with Gasteiger partial charge in [-0.1, -0.05) is 0 Å². The van der Waals surface area contributed by atoms with Crippen LogP contribution in [0, 0.1) is 31.0 Å². The topological polar surface area (TPSA) is 82.2 Å². The number of carbonyl (C=O) groups is 1. The van der Waals surface area contributed by atoms with Crippen molar-refractivity contribution in [2.24, 2.45) is 0 Å². The zero-order chi connectivity index (χ0) is 21.2. The molecule has 1 aliphatic heterocycles. The fourth-order valence-electron chi connectivity index (χ4n) is 3.59. The maximum Gasteiger partial charge on any atom is 0.237 e. The van der Waals surface area contributed by atoms with Crippen LogP contribution in [0.1, 0.15) is 43.7 Å². The maximum absolute atomic E-state index is 13.5.